The van der Waals surface area contributed by atoms with Crippen LogP contribution in [0.25, 0.3) is 11.0 Å². The molecule has 6 heteroatoms. The van der Waals surface area contributed by atoms with Gasteiger partial charge in [-0.05, 0) is 55.0 Å². The minimum absolute atomic E-state index is 0.0944. The van der Waals surface area contributed by atoms with Gasteiger partial charge in [-0.25, -0.2) is 0 Å². The van der Waals surface area contributed by atoms with Gasteiger partial charge in [0.1, 0.15) is 5.58 Å². The molecule has 1 unspecified atom stereocenters. The predicted molar refractivity (Wildman–Crippen MR) is 122 cm³/mol. The summed E-state index contributed by atoms with van der Waals surface area (Å²) in [6.07, 6.45) is 3.47. The molecule has 6 nitrogen and oxygen atoms in total. The molecule has 2 aliphatic heterocycles. The number of fused-ring (bicyclic) bond motifs is 1. The summed E-state index contributed by atoms with van der Waals surface area (Å²) in [6, 6.07) is 17.9. The first kappa shape index (κ1) is 21.2. The molecule has 0 radical (unpaired) electrons. The Morgan fingerprint density at radius 1 is 1.12 bits per heavy atom. The number of ether oxygens (including phenoxy) is 1. The van der Waals surface area contributed by atoms with Crippen LogP contribution in [0.4, 0.5) is 0 Å². The first-order valence-corrected chi connectivity index (χ1v) is 11.5. The number of benzene rings is 2. The van der Waals surface area contributed by atoms with Crippen LogP contribution in [0.15, 0.2) is 59.0 Å². The van der Waals surface area contributed by atoms with Gasteiger partial charge in [0.05, 0.1) is 11.7 Å². The molecule has 0 aliphatic carbocycles. The molecule has 3 aromatic rings. The smallest absolute Gasteiger partial charge is 0.287 e. The van der Waals surface area contributed by atoms with Crippen molar-refractivity contribution in [3.8, 4) is 0 Å². The number of piperidine rings is 1. The van der Waals surface area contributed by atoms with Crippen LogP contribution in [0, 0.1) is 0 Å². The van der Waals surface area contributed by atoms with E-state index in [1.807, 2.05) is 24.3 Å². The average molecular weight is 435 g/mol. The highest BCUT2D eigenvalue weighted by Crippen LogP contribution is 2.35. The van der Waals surface area contributed by atoms with E-state index in [4.69, 9.17) is 9.15 Å². The number of furan rings is 1. The number of hydrogen-bond donors (Lipinski definition) is 2. The SMILES string of the molecule is O=C(NCC1CCCO1)c1cc2cc(C3(O)CCN(Cc4ccccc4)CC3)ccc2o1. The molecular weight excluding hydrogens is 404 g/mol. The molecule has 0 bridgehead atoms. The van der Waals surface area contributed by atoms with Crippen molar-refractivity contribution >= 4 is 16.9 Å². The lowest BCUT2D eigenvalue weighted by Gasteiger charge is -2.38. The fraction of sp³-hybridized carbons (Fsp3) is 0.423. The van der Waals surface area contributed by atoms with Crippen LogP contribution in [0.3, 0.4) is 0 Å². The molecule has 3 heterocycles. The zero-order chi connectivity index (χ0) is 22.0. The highest BCUT2D eigenvalue weighted by Gasteiger charge is 2.34. The van der Waals surface area contributed by atoms with Crippen molar-refractivity contribution in [2.45, 2.75) is 43.9 Å². The van der Waals surface area contributed by atoms with Gasteiger partial charge in [0.15, 0.2) is 5.76 Å². The Morgan fingerprint density at radius 2 is 1.94 bits per heavy atom. The fourth-order valence-corrected chi connectivity index (χ4v) is 4.76. The zero-order valence-electron chi connectivity index (χ0n) is 18.3. The molecule has 2 fully saturated rings. The summed E-state index contributed by atoms with van der Waals surface area (Å²) in [5.41, 5.74) is 1.97. The van der Waals surface area contributed by atoms with Crippen molar-refractivity contribution in [3.05, 3.63) is 71.5 Å². The van der Waals surface area contributed by atoms with Crippen molar-refractivity contribution in [2.24, 2.45) is 0 Å². The highest BCUT2D eigenvalue weighted by molar-refractivity contribution is 5.96. The monoisotopic (exact) mass is 434 g/mol. The molecule has 2 N–H and O–H groups in total. The summed E-state index contributed by atoms with van der Waals surface area (Å²) in [5, 5.41) is 15.1. The molecule has 0 spiro atoms. The van der Waals surface area contributed by atoms with Crippen molar-refractivity contribution in [3.63, 3.8) is 0 Å². The lowest BCUT2D eigenvalue weighted by molar-refractivity contribution is -0.0276. The molecule has 0 saturated carbocycles. The normalized spacial score (nSPS) is 21.1. The van der Waals surface area contributed by atoms with E-state index in [1.165, 1.54) is 5.56 Å². The molecule has 2 aliphatic rings. The Labute approximate surface area is 188 Å². The first-order chi connectivity index (χ1) is 15.6. The van der Waals surface area contributed by atoms with Crippen LogP contribution >= 0.6 is 0 Å². The Hall–Kier alpha value is -2.67. The van der Waals surface area contributed by atoms with E-state index >= 15 is 0 Å². The second kappa shape index (κ2) is 9.06. The summed E-state index contributed by atoms with van der Waals surface area (Å²) < 4.78 is 11.3. The minimum Gasteiger partial charge on any atom is -0.451 e. The third-order valence-electron chi connectivity index (χ3n) is 6.72. The van der Waals surface area contributed by atoms with E-state index in [1.54, 1.807) is 6.07 Å². The van der Waals surface area contributed by atoms with Gasteiger partial charge in [-0.3, -0.25) is 9.69 Å². The van der Waals surface area contributed by atoms with Gasteiger partial charge < -0.3 is 19.6 Å². The number of rotatable bonds is 6. The minimum atomic E-state index is -0.860. The third-order valence-corrected chi connectivity index (χ3v) is 6.72. The maximum absolute atomic E-state index is 12.5. The number of nitrogens with one attached hydrogen (secondary N) is 1. The van der Waals surface area contributed by atoms with E-state index in [-0.39, 0.29) is 12.0 Å². The van der Waals surface area contributed by atoms with Crippen LogP contribution in [0.5, 0.6) is 0 Å². The number of hydrogen-bond acceptors (Lipinski definition) is 5. The first-order valence-electron chi connectivity index (χ1n) is 11.5. The van der Waals surface area contributed by atoms with Crippen LogP contribution in [-0.2, 0) is 16.9 Å². The fourth-order valence-electron chi connectivity index (χ4n) is 4.76. The van der Waals surface area contributed by atoms with Crippen molar-refractivity contribution < 1.29 is 19.1 Å². The standard InChI is InChI=1S/C26H30N2O4/c29-25(27-17-22-7-4-14-31-22)24-16-20-15-21(8-9-23(20)32-24)26(30)10-12-28(13-11-26)18-19-5-2-1-3-6-19/h1-3,5-6,8-9,15-16,22,30H,4,7,10-14,17-18H2,(H,27,29). The van der Waals surface area contributed by atoms with Crippen LogP contribution < -0.4 is 5.32 Å². The zero-order valence-corrected chi connectivity index (χ0v) is 18.3. The molecule has 2 saturated heterocycles. The maximum atomic E-state index is 12.5. The lowest BCUT2D eigenvalue weighted by atomic mass is 9.84. The van der Waals surface area contributed by atoms with Gasteiger partial charge in [0.2, 0.25) is 0 Å². The molecule has 2 aromatic carbocycles. The van der Waals surface area contributed by atoms with E-state index in [0.717, 1.165) is 50.0 Å². The molecule has 168 valence electrons. The maximum Gasteiger partial charge on any atom is 0.287 e. The van der Waals surface area contributed by atoms with Crippen molar-refractivity contribution in [1.29, 1.82) is 0 Å². The predicted octanol–water partition coefficient (Wildman–Crippen LogP) is 3.83. The molecule has 1 amide bonds. The lowest BCUT2D eigenvalue weighted by Crippen LogP contribution is -2.42. The summed E-state index contributed by atoms with van der Waals surface area (Å²) in [4.78, 5) is 14.9. The number of carbonyl (C=O) groups excluding carboxylic acids is 1. The highest BCUT2D eigenvalue weighted by atomic mass is 16.5. The topological polar surface area (TPSA) is 74.9 Å². The van der Waals surface area contributed by atoms with Crippen molar-refractivity contribution in [1.82, 2.24) is 10.2 Å². The van der Waals surface area contributed by atoms with Gasteiger partial charge in [0.25, 0.3) is 5.91 Å². The van der Waals surface area contributed by atoms with Crippen molar-refractivity contribution in [2.75, 3.05) is 26.2 Å². The summed E-state index contributed by atoms with van der Waals surface area (Å²) >= 11 is 0. The van der Waals surface area contributed by atoms with E-state index < -0.39 is 5.60 Å². The average Bonchev–Trinajstić information content (AvgIpc) is 3.49. The third kappa shape index (κ3) is 4.58. The Morgan fingerprint density at radius 3 is 2.69 bits per heavy atom. The van der Waals surface area contributed by atoms with Gasteiger partial charge in [-0.2, -0.15) is 0 Å². The molecular formula is C26H30N2O4. The van der Waals surface area contributed by atoms with Gasteiger partial charge in [-0.1, -0.05) is 36.4 Å². The number of carbonyl (C=O) groups is 1. The Bertz CT molecular complexity index is 1060. The summed E-state index contributed by atoms with van der Waals surface area (Å²) in [6.45, 7) is 3.85. The van der Waals surface area contributed by atoms with Crippen LogP contribution in [0.2, 0.25) is 0 Å². The quantitative estimate of drug-likeness (QED) is 0.617. The molecule has 1 aromatic heterocycles. The largest absolute Gasteiger partial charge is 0.451 e. The van der Waals surface area contributed by atoms with E-state index in [0.29, 0.717) is 30.7 Å². The second-order valence-electron chi connectivity index (χ2n) is 9.00. The van der Waals surface area contributed by atoms with Gasteiger partial charge >= 0.3 is 0 Å². The van der Waals surface area contributed by atoms with Crippen LogP contribution in [0.1, 0.15) is 47.4 Å². The Balaban J connectivity index is 1.23. The number of amides is 1. The van der Waals surface area contributed by atoms with Gasteiger partial charge in [-0.15, -0.1) is 0 Å². The molecule has 1 atom stereocenters. The molecule has 32 heavy (non-hydrogen) atoms. The Kier molecular flexibility index (Phi) is 6.00. The van der Waals surface area contributed by atoms with Gasteiger partial charge in [0, 0.05) is 38.2 Å². The number of aliphatic hydroxyl groups is 1. The summed E-state index contributed by atoms with van der Waals surface area (Å²) in [7, 11) is 0. The van der Waals surface area contributed by atoms with Crippen LogP contribution in [-0.4, -0.2) is 48.3 Å². The number of nitrogens with zero attached hydrogens (tertiary/aromatic N) is 1. The van der Waals surface area contributed by atoms with E-state index in [2.05, 4.69) is 34.5 Å². The summed E-state index contributed by atoms with van der Waals surface area (Å²) in [5.74, 6) is 0.0611. The second-order valence-corrected chi connectivity index (χ2v) is 9.00. The molecule has 5 rings (SSSR count). The van der Waals surface area contributed by atoms with E-state index in [9.17, 15) is 9.90 Å². The number of likely N-dealkylation sites (tertiary alicyclic amines) is 1.